The van der Waals surface area contributed by atoms with Gasteiger partial charge >= 0.3 is 0 Å². The summed E-state index contributed by atoms with van der Waals surface area (Å²) >= 11 is 3.38. The number of aromatic nitrogens is 2. The molecule has 0 unspecified atom stereocenters. The molecular formula is C11H13BrN4. The highest BCUT2D eigenvalue weighted by Gasteiger charge is 1.98. The second-order valence-corrected chi connectivity index (χ2v) is 4.37. The van der Waals surface area contributed by atoms with Crippen molar-refractivity contribution in [1.82, 2.24) is 9.55 Å². The van der Waals surface area contributed by atoms with Crippen molar-refractivity contribution in [2.24, 2.45) is 0 Å². The van der Waals surface area contributed by atoms with Crippen molar-refractivity contribution in [3.63, 3.8) is 0 Å². The molecule has 0 aliphatic heterocycles. The Morgan fingerprint density at radius 2 is 2.31 bits per heavy atom. The van der Waals surface area contributed by atoms with Crippen molar-refractivity contribution in [3.8, 4) is 0 Å². The van der Waals surface area contributed by atoms with Crippen LogP contribution in [0.1, 0.15) is 0 Å². The van der Waals surface area contributed by atoms with E-state index >= 15 is 0 Å². The standard InChI is InChI=1S/C11H13BrN4/c12-9-1-2-11(10(13)7-9)15-4-6-16-5-3-14-8-16/h1-3,5,7-8,15H,4,6,13H2. The van der Waals surface area contributed by atoms with Gasteiger partial charge in [0.2, 0.25) is 0 Å². The maximum Gasteiger partial charge on any atom is 0.0946 e. The number of imidazole rings is 1. The lowest BCUT2D eigenvalue weighted by Crippen LogP contribution is -2.10. The fourth-order valence-corrected chi connectivity index (χ4v) is 1.81. The minimum Gasteiger partial charge on any atom is -0.397 e. The zero-order valence-corrected chi connectivity index (χ0v) is 10.3. The molecule has 0 atom stereocenters. The summed E-state index contributed by atoms with van der Waals surface area (Å²) in [6.07, 6.45) is 5.51. The zero-order valence-electron chi connectivity index (χ0n) is 8.73. The number of nitrogen functional groups attached to an aromatic ring is 1. The van der Waals surface area contributed by atoms with Crippen molar-refractivity contribution in [2.75, 3.05) is 17.6 Å². The third-order valence-electron chi connectivity index (χ3n) is 2.26. The first kappa shape index (κ1) is 11.0. The monoisotopic (exact) mass is 280 g/mol. The molecule has 3 N–H and O–H groups in total. The Balaban J connectivity index is 1.90. The van der Waals surface area contributed by atoms with Crippen molar-refractivity contribution in [1.29, 1.82) is 0 Å². The zero-order chi connectivity index (χ0) is 11.4. The van der Waals surface area contributed by atoms with Gasteiger partial charge in [0, 0.05) is 30.0 Å². The number of anilines is 2. The van der Waals surface area contributed by atoms with E-state index in [1.165, 1.54) is 0 Å². The molecule has 1 aromatic carbocycles. The highest BCUT2D eigenvalue weighted by Crippen LogP contribution is 2.22. The van der Waals surface area contributed by atoms with Crippen LogP contribution in [0.25, 0.3) is 0 Å². The van der Waals surface area contributed by atoms with Gasteiger partial charge in [-0.25, -0.2) is 4.98 Å². The molecule has 0 radical (unpaired) electrons. The number of rotatable bonds is 4. The average Bonchev–Trinajstić information content (AvgIpc) is 2.74. The lowest BCUT2D eigenvalue weighted by atomic mass is 10.2. The van der Waals surface area contributed by atoms with Crippen LogP contribution in [-0.2, 0) is 6.54 Å². The Labute approximate surface area is 103 Å². The summed E-state index contributed by atoms with van der Waals surface area (Å²) in [5.74, 6) is 0. The second kappa shape index (κ2) is 5.03. The van der Waals surface area contributed by atoms with E-state index in [2.05, 4.69) is 26.2 Å². The van der Waals surface area contributed by atoms with Gasteiger partial charge in [-0.05, 0) is 18.2 Å². The van der Waals surface area contributed by atoms with Gasteiger partial charge in [0.1, 0.15) is 0 Å². The van der Waals surface area contributed by atoms with Gasteiger partial charge in [-0.15, -0.1) is 0 Å². The van der Waals surface area contributed by atoms with Crippen LogP contribution in [-0.4, -0.2) is 16.1 Å². The number of nitrogens with zero attached hydrogens (tertiary/aromatic N) is 2. The molecule has 5 heteroatoms. The molecule has 0 amide bonds. The summed E-state index contributed by atoms with van der Waals surface area (Å²) in [7, 11) is 0. The first-order valence-corrected chi connectivity index (χ1v) is 5.79. The molecule has 16 heavy (non-hydrogen) atoms. The Morgan fingerprint density at radius 1 is 1.44 bits per heavy atom. The molecule has 0 saturated carbocycles. The topological polar surface area (TPSA) is 55.9 Å². The van der Waals surface area contributed by atoms with Crippen LogP contribution in [0.3, 0.4) is 0 Å². The van der Waals surface area contributed by atoms with Crippen LogP contribution in [0.2, 0.25) is 0 Å². The van der Waals surface area contributed by atoms with Crippen LogP contribution in [0.5, 0.6) is 0 Å². The van der Waals surface area contributed by atoms with Crippen LogP contribution < -0.4 is 11.1 Å². The normalized spacial score (nSPS) is 10.3. The van der Waals surface area contributed by atoms with E-state index in [1.807, 2.05) is 29.0 Å². The smallest absolute Gasteiger partial charge is 0.0946 e. The second-order valence-electron chi connectivity index (χ2n) is 3.46. The number of halogens is 1. The van der Waals surface area contributed by atoms with E-state index in [4.69, 9.17) is 5.73 Å². The summed E-state index contributed by atoms with van der Waals surface area (Å²) in [4.78, 5) is 3.98. The SMILES string of the molecule is Nc1cc(Br)ccc1NCCn1ccnc1. The molecule has 2 aromatic rings. The van der Waals surface area contributed by atoms with Crippen LogP contribution in [0.4, 0.5) is 11.4 Å². The fraction of sp³-hybridized carbons (Fsp3) is 0.182. The van der Waals surface area contributed by atoms with Gasteiger partial charge in [0.25, 0.3) is 0 Å². The van der Waals surface area contributed by atoms with Gasteiger partial charge in [-0.2, -0.15) is 0 Å². The van der Waals surface area contributed by atoms with E-state index in [0.717, 1.165) is 28.9 Å². The van der Waals surface area contributed by atoms with Crippen molar-refractivity contribution in [3.05, 3.63) is 41.4 Å². The number of benzene rings is 1. The Hall–Kier alpha value is -1.49. The molecule has 4 nitrogen and oxygen atoms in total. The number of nitrogens with two attached hydrogens (primary N) is 1. The van der Waals surface area contributed by atoms with Gasteiger partial charge in [0.15, 0.2) is 0 Å². The van der Waals surface area contributed by atoms with E-state index in [1.54, 1.807) is 12.5 Å². The third kappa shape index (κ3) is 2.76. The summed E-state index contributed by atoms with van der Waals surface area (Å²) in [6, 6.07) is 5.82. The maximum absolute atomic E-state index is 5.87. The molecule has 0 spiro atoms. The van der Waals surface area contributed by atoms with Gasteiger partial charge < -0.3 is 15.6 Å². The van der Waals surface area contributed by atoms with Crippen LogP contribution >= 0.6 is 15.9 Å². The lowest BCUT2D eigenvalue weighted by Gasteiger charge is -2.09. The first-order valence-electron chi connectivity index (χ1n) is 5.00. The molecule has 1 aromatic heterocycles. The molecule has 84 valence electrons. The molecule has 2 rings (SSSR count). The average molecular weight is 281 g/mol. The third-order valence-corrected chi connectivity index (χ3v) is 2.75. The molecule has 0 aliphatic carbocycles. The van der Waals surface area contributed by atoms with E-state index in [0.29, 0.717) is 0 Å². The Kier molecular flexibility index (Phi) is 3.46. The predicted molar refractivity (Wildman–Crippen MR) is 69.3 cm³/mol. The van der Waals surface area contributed by atoms with E-state index in [-0.39, 0.29) is 0 Å². The summed E-state index contributed by atoms with van der Waals surface area (Å²) in [5, 5.41) is 3.28. The van der Waals surface area contributed by atoms with Crippen molar-refractivity contribution < 1.29 is 0 Å². The largest absolute Gasteiger partial charge is 0.397 e. The molecule has 0 aliphatic rings. The summed E-state index contributed by atoms with van der Waals surface area (Å²) < 4.78 is 3.01. The number of nitrogens with one attached hydrogen (secondary N) is 1. The number of hydrogen-bond acceptors (Lipinski definition) is 3. The predicted octanol–water partition coefficient (Wildman–Crippen LogP) is 2.34. The van der Waals surface area contributed by atoms with Crippen molar-refractivity contribution in [2.45, 2.75) is 6.54 Å². The minimum atomic E-state index is 0.750. The van der Waals surface area contributed by atoms with E-state index in [9.17, 15) is 0 Å². The van der Waals surface area contributed by atoms with Crippen LogP contribution in [0.15, 0.2) is 41.4 Å². The Morgan fingerprint density at radius 3 is 3.00 bits per heavy atom. The Bertz CT molecular complexity index is 453. The molecule has 0 fully saturated rings. The minimum absolute atomic E-state index is 0.750. The molecule has 0 bridgehead atoms. The summed E-state index contributed by atoms with van der Waals surface area (Å²) in [5.41, 5.74) is 7.58. The highest BCUT2D eigenvalue weighted by atomic mass is 79.9. The molecular weight excluding hydrogens is 268 g/mol. The highest BCUT2D eigenvalue weighted by molar-refractivity contribution is 9.10. The molecule has 1 heterocycles. The number of hydrogen-bond donors (Lipinski definition) is 2. The first-order chi connectivity index (χ1) is 7.75. The van der Waals surface area contributed by atoms with Crippen LogP contribution in [0, 0.1) is 0 Å². The molecule has 0 saturated heterocycles. The van der Waals surface area contributed by atoms with Gasteiger partial charge in [-0.1, -0.05) is 15.9 Å². The quantitative estimate of drug-likeness (QED) is 0.846. The van der Waals surface area contributed by atoms with Crippen molar-refractivity contribution >= 4 is 27.3 Å². The maximum atomic E-state index is 5.87. The lowest BCUT2D eigenvalue weighted by molar-refractivity contribution is 0.727. The van der Waals surface area contributed by atoms with E-state index < -0.39 is 0 Å². The van der Waals surface area contributed by atoms with Gasteiger partial charge in [-0.3, -0.25) is 0 Å². The fourth-order valence-electron chi connectivity index (χ4n) is 1.43. The summed E-state index contributed by atoms with van der Waals surface area (Å²) in [6.45, 7) is 1.69. The van der Waals surface area contributed by atoms with Gasteiger partial charge in [0.05, 0.1) is 17.7 Å².